The van der Waals surface area contributed by atoms with Crippen molar-refractivity contribution >= 4 is 5.97 Å². The molecule has 4 nitrogen and oxygen atoms in total. The molecule has 0 aliphatic carbocycles. The predicted octanol–water partition coefficient (Wildman–Crippen LogP) is 1.23. The van der Waals surface area contributed by atoms with Crippen LogP contribution in [-0.2, 0) is 16.0 Å². The molecule has 1 N–H and O–H groups in total. The third kappa shape index (κ3) is 7.59. The summed E-state index contributed by atoms with van der Waals surface area (Å²) >= 11 is 0. The number of benzene rings is 1. The van der Waals surface area contributed by atoms with Crippen LogP contribution in [0.4, 0.5) is 0 Å². The van der Waals surface area contributed by atoms with Crippen molar-refractivity contribution < 1.29 is 19.1 Å². The van der Waals surface area contributed by atoms with E-state index in [0.29, 0.717) is 23.9 Å². The summed E-state index contributed by atoms with van der Waals surface area (Å²) in [6.07, 6.45) is 0.410. The monoisotopic (exact) mass is 266 g/mol. The predicted molar refractivity (Wildman–Crippen MR) is 74.6 cm³/mol. The van der Waals surface area contributed by atoms with Crippen LogP contribution in [0.3, 0.4) is 0 Å². The van der Waals surface area contributed by atoms with E-state index in [0.717, 1.165) is 5.56 Å². The van der Waals surface area contributed by atoms with Gasteiger partial charge in [-0.25, -0.2) is 0 Å². The molecule has 1 atom stereocenters. The van der Waals surface area contributed by atoms with Crippen molar-refractivity contribution in [2.24, 2.45) is 0 Å². The molecule has 0 aromatic heterocycles. The number of rotatable bonds is 7. The lowest BCUT2D eigenvalue weighted by Gasteiger charge is -2.26. The molecule has 0 radical (unpaired) electrons. The second-order valence-electron chi connectivity index (χ2n) is 5.80. The Morgan fingerprint density at radius 1 is 1.26 bits per heavy atom. The van der Waals surface area contributed by atoms with Crippen LogP contribution in [0.15, 0.2) is 30.3 Å². The first kappa shape index (κ1) is 15.7. The van der Waals surface area contributed by atoms with Gasteiger partial charge in [0, 0.05) is 6.42 Å². The van der Waals surface area contributed by atoms with E-state index in [2.05, 4.69) is 0 Å². The van der Waals surface area contributed by atoms with Gasteiger partial charge in [-0.2, -0.15) is 0 Å². The first-order chi connectivity index (χ1) is 8.87. The fraction of sp³-hybridized carbons (Fsp3) is 0.533. The molecule has 1 aromatic rings. The molecule has 1 rings (SSSR count). The molecule has 4 heteroatoms. The topological polar surface area (TPSA) is 46.5 Å². The summed E-state index contributed by atoms with van der Waals surface area (Å²) in [5.74, 6) is -0.260. The Labute approximate surface area is 115 Å². The second kappa shape index (κ2) is 7.26. The van der Waals surface area contributed by atoms with Gasteiger partial charge in [0.25, 0.3) is 0 Å². The second-order valence-corrected chi connectivity index (χ2v) is 5.80. The van der Waals surface area contributed by atoms with Crippen LogP contribution in [0.2, 0.25) is 0 Å². The van der Waals surface area contributed by atoms with Gasteiger partial charge in [0.05, 0.1) is 21.1 Å². The molecule has 0 spiro atoms. The number of likely N-dealkylation sites (N-methyl/N-ethyl adjacent to an activating group) is 1. The number of carbonyl (C=O) groups excluding carboxylic acids is 1. The largest absolute Gasteiger partial charge is 0.463 e. The minimum absolute atomic E-state index is 0.0726. The van der Waals surface area contributed by atoms with E-state index in [-0.39, 0.29) is 12.6 Å². The van der Waals surface area contributed by atoms with Crippen molar-refractivity contribution in [2.45, 2.75) is 18.9 Å². The van der Waals surface area contributed by atoms with Crippen LogP contribution >= 0.6 is 0 Å². The first-order valence-corrected chi connectivity index (χ1v) is 6.55. The van der Waals surface area contributed by atoms with Crippen molar-refractivity contribution in [2.75, 3.05) is 34.3 Å². The summed E-state index contributed by atoms with van der Waals surface area (Å²) in [5.41, 5.74) is 1.12. The van der Waals surface area contributed by atoms with Gasteiger partial charge in [0.2, 0.25) is 0 Å². The molecular weight excluding hydrogens is 242 g/mol. The Hall–Kier alpha value is -1.39. The lowest BCUT2D eigenvalue weighted by molar-refractivity contribution is -0.873. The number of ether oxygens (including phenoxy) is 1. The van der Waals surface area contributed by atoms with Crippen LogP contribution in [0, 0.1) is 0 Å². The molecule has 0 heterocycles. The summed E-state index contributed by atoms with van der Waals surface area (Å²) in [4.78, 5) is 11.5. The minimum atomic E-state index is -0.610. The quantitative estimate of drug-likeness (QED) is 0.596. The van der Waals surface area contributed by atoms with Gasteiger partial charge in [-0.05, 0) is 12.0 Å². The average Bonchev–Trinajstić information content (AvgIpc) is 2.33. The van der Waals surface area contributed by atoms with Gasteiger partial charge in [-0.15, -0.1) is 0 Å². The van der Waals surface area contributed by atoms with Crippen LogP contribution in [0.1, 0.15) is 12.0 Å². The van der Waals surface area contributed by atoms with Crippen molar-refractivity contribution in [3.63, 3.8) is 0 Å². The third-order valence-electron chi connectivity index (χ3n) is 2.66. The molecule has 0 bridgehead atoms. The molecular formula is C15H24NO3+. The fourth-order valence-corrected chi connectivity index (χ4v) is 1.84. The fourth-order valence-electron chi connectivity index (χ4n) is 1.84. The number of aryl methyl sites for hydroxylation is 1. The van der Waals surface area contributed by atoms with E-state index in [1.54, 1.807) is 0 Å². The highest BCUT2D eigenvalue weighted by Gasteiger charge is 2.17. The number of carbonyl (C=O) groups is 1. The smallest absolute Gasteiger partial charge is 0.306 e. The highest BCUT2D eigenvalue weighted by atomic mass is 16.5. The number of esters is 1. The maximum Gasteiger partial charge on any atom is 0.306 e. The van der Waals surface area contributed by atoms with E-state index in [9.17, 15) is 9.90 Å². The maximum absolute atomic E-state index is 11.5. The van der Waals surface area contributed by atoms with Gasteiger partial charge < -0.3 is 14.3 Å². The van der Waals surface area contributed by atoms with E-state index >= 15 is 0 Å². The number of quaternary nitrogens is 1. The van der Waals surface area contributed by atoms with Gasteiger partial charge in [-0.3, -0.25) is 4.79 Å². The van der Waals surface area contributed by atoms with Crippen LogP contribution < -0.4 is 0 Å². The van der Waals surface area contributed by atoms with Crippen LogP contribution in [-0.4, -0.2) is 56.0 Å². The molecule has 1 unspecified atom stereocenters. The summed E-state index contributed by atoms with van der Waals surface area (Å²) in [7, 11) is 5.96. The minimum Gasteiger partial charge on any atom is -0.463 e. The normalized spacial score (nSPS) is 13.1. The summed E-state index contributed by atoms with van der Waals surface area (Å²) < 4.78 is 5.71. The summed E-state index contributed by atoms with van der Waals surface area (Å²) in [6.45, 7) is 0.634. The highest BCUT2D eigenvalue weighted by molar-refractivity contribution is 5.69. The van der Waals surface area contributed by atoms with Crippen molar-refractivity contribution in [1.82, 2.24) is 0 Å². The number of nitrogens with zero attached hydrogens (tertiary/aromatic N) is 1. The van der Waals surface area contributed by atoms with Gasteiger partial charge in [-0.1, -0.05) is 30.3 Å². The number of hydrogen-bond acceptors (Lipinski definition) is 3. The Morgan fingerprint density at radius 2 is 1.89 bits per heavy atom. The molecule has 19 heavy (non-hydrogen) atoms. The maximum atomic E-state index is 11.5. The molecule has 1 aromatic carbocycles. The van der Waals surface area contributed by atoms with Crippen LogP contribution in [0.25, 0.3) is 0 Å². The van der Waals surface area contributed by atoms with Crippen LogP contribution in [0.5, 0.6) is 0 Å². The Balaban J connectivity index is 2.21. The molecule has 0 aliphatic rings. The zero-order chi connectivity index (χ0) is 14.3. The Kier molecular flexibility index (Phi) is 5.99. The Morgan fingerprint density at radius 3 is 2.47 bits per heavy atom. The number of hydrogen-bond donors (Lipinski definition) is 1. The van der Waals surface area contributed by atoms with E-state index in [4.69, 9.17) is 4.74 Å². The zero-order valence-corrected chi connectivity index (χ0v) is 12.0. The highest BCUT2D eigenvalue weighted by Crippen LogP contribution is 2.04. The summed E-state index contributed by atoms with van der Waals surface area (Å²) in [5, 5.41) is 9.73. The standard InChI is InChI=1S/C15H24NO3/c1-16(2,3)11-14(17)12-19-15(18)10-9-13-7-5-4-6-8-13/h4-8,14,17H,9-12H2,1-3H3/q+1. The van der Waals surface area contributed by atoms with Gasteiger partial charge in [0.15, 0.2) is 0 Å². The molecule has 0 fully saturated rings. The SMILES string of the molecule is C[N+](C)(C)CC(O)COC(=O)CCc1ccccc1. The zero-order valence-electron chi connectivity index (χ0n) is 12.0. The number of aliphatic hydroxyl groups excluding tert-OH is 1. The average molecular weight is 266 g/mol. The van der Waals surface area contributed by atoms with Crippen molar-refractivity contribution in [3.05, 3.63) is 35.9 Å². The first-order valence-electron chi connectivity index (χ1n) is 6.55. The van der Waals surface area contributed by atoms with E-state index in [1.165, 1.54) is 0 Å². The Bertz CT molecular complexity index is 384. The molecule has 0 amide bonds. The van der Waals surface area contributed by atoms with Gasteiger partial charge in [0.1, 0.15) is 19.3 Å². The van der Waals surface area contributed by atoms with Gasteiger partial charge >= 0.3 is 5.97 Å². The third-order valence-corrected chi connectivity index (χ3v) is 2.66. The summed E-state index contributed by atoms with van der Waals surface area (Å²) in [6, 6.07) is 9.82. The number of aliphatic hydroxyl groups is 1. The van der Waals surface area contributed by atoms with E-state index in [1.807, 2.05) is 51.5 Å². The molecule has 0 saturated carbocycles. The lowest BCUT2D eigenvalue weighted by Crippen LogP contribution is -2.43. The van der Waals surface area contributed by atoms with E-state index < -0.39 is 6.10 Å². The molecule has 0 aliphatic heterocycles. The van der Waals surface area contributed by atoms with Crippen molar-refractivity contribution in [1.29, 1.82) is 0 Å². The lowest BCUT2D eigenvalue weighted by atomic mass is 10.1. The molecule has 0 saturated heterocycles. The molecule has 106 valence electrons. The van der Waals surface area contributed by atoms with Crippen molar-refractivity contribution in [3.8, 4) is 0 Å².